The molecule has 5 unspecified atom stereocenters. The second kappa shape index (κ2) is 19.1. The molecule has 1 saturated heterocycles. The molecule has 0 radical (unpaired) electrons. The number of aliphatic hydroxyl groups is 1. The summed E-state index contributed by atoms with van der Waals surface area (Å²) in [5.74, 6) is -0.508. The summed E-state index contributed by atoms with van der Waals surface area (Å²) < 4.78 is 18.5. The molecular formula is C49H51N3O6. The van der Waals surface area contributed by atoms with Gasteiger partial charge in [0.15, 0.2) is 6.29 Å². The van der Waals surface area contributed by atoms with Gasteiger partial charge in [-0.1, -0.05) is 127 Å². The highest BCUT2D eigenvalue weighted by Gasteiger charge is 2.33. The summed E-state index contributed by atoms with van der Waals surface area (Å²) in [6.07, 6.45) is 0.0533. The summed E-state index contributed by atoms with van der Waals surface area (Å²) in [5, 5.41) is 17.8. The van der Waals surface area contributed by atoms with Crippen molar-refractivity contribution in [3.05, 3.63) is 179 Å². The van der Waals surface area contributed by atoms with E-state index < -0.39 is 24.3 Å². The molecule has 298 valence electrons. The van der Waals surface area contributed by atoms with Gasteiger partial charge in [-0.2, -0.15) is 0 Å². The monoisotopic (exact) mass is 777 g/mol. The first kappa shape index (κ1) is 40.4. The number of nitrogens with one attached hydrogen (secondary N) is 2. The van der Waals surface area contributed by atoms with Gasteiger partial charge in [0, 0.05) is 37.5 Å². The van der Waals surface area contributed by atoms with Crippen LogP contribution in [0.1, 0.15) is 65.2 Å². The van der Waals surface area contributed by atoms with Gasteiger partial charge in [0.1, 0.15) is 6.04 Å². The summed E-state index contributed by atoms with van der Waals surface area (Å²) in [4.78, 5) is 27.8. The fourth-order valence-electron chi connectivity index (χ4n) is 7.54. The number of rotatable bonds is 14. The van der Waals surface area contributed by atoms with Crippen LogP contribution in [0.15, 0.2) is 146 Å². The minimum absolute atomic E-state index is 0.0144. The molecule has 9 nitrogen and oxygen atoms in total. The molecule has 58 heavy (non-hydrogen) atoms. The Hall–Kier alpha value is -5.84. The fourth-order valence-corrected chi connectivity index (χ4v) is 7.54. The topological polar surface area (TPSA) is 109 Å². The summed E-state index contributed by atoms with van der Waals surface area (Å²) in [6.45, 7) is 3.18. The van der Waals surface area contributed by atoms with E-state index in [0.717, 1.165) is 38.9 Å². The van der Waals surface area contributed by atoms with Crippen molar-refractivity contribution in [3.8, 4) is 11.1 Å². The third-order valence-electron chi connectivity index (χ3n) is 11.0. The predicted molar refractivity (Wildman–Crippen MR) is 227 cm³/mol. The Morgan fingerprint density at radius 1 is 0.759 bits per heavy atom. The number of urea groups is 1. The van der Waals surface area contributed by atoms with Crippen LogP contribution in [0.3, 0.4) is 0 Å². The van der Waals surface area contributed by atoms with Crippen LogP contribution in [-0.2, 0) is 38.6 Å². The molecule has 0 spiro atoms. The zero-order chi connectivity index (χ0) is 40.4. The lowest BCUT2D eigenvalue weighted by molar-refractivity contribution is -0.253. The predicted octanol–water partition coefficient (Wildman–Crippen LogP) is 8.82. The normalized spacial score (nSPS) is 17.7. The average Bonchev–Trinajstić information content (AvgIpc) is 3.27. The number of benzene rings is 6. The Labute approximate surface area is 340 Å². The lowest BCUT2D eigenvalue weighted by Gasteiger charge is -2.39. The number of likely N-dealkylation sites (N-methyl/N-ethyl adjacent to an activating group) is 1. The Kier molecular flexibility index (Phi) is 13.3. The highest BCUT2D eigenvalue weighted by molar-refractivity contribution is 5.84. The molecule has 0 saturated carbocycles. The number of ether oxygens (including phenoxy) is 3. The van der Waals surface area contributed by atoms with Gasteiger partial charge in [-0.15, -0.1) is 0 Å². The van der Waals surface area contributed by atoms with Crippen molar-refractivity contribution < 1.29 is 28.9 Å². The van der Waals surface area contributed by atoms with E-state index in [1.807, 2.05) is 91.0 Å². The van der Waals surface area contributed by atoms with Gasteiger partial charge in [-0.05, 0) is 81.9 Å². The van der Waals surface area contributed by atoms with E-state index in [2.05, 4.69) is 84.1 Å². The third-order valence-corrected chi connectivity index (χ3v) is 11.0. The maximum absolute atomic E-state index is 13.0. The van der Waals surface area contributed by atoms with Crippen molar-refractivity contribution in [1.29, 1.82) is 0 Å². The zero-order valence-electron chi connectivity index (χ0n) is 33.2. The van der Waals surface area contributed by atoms with Gasteiger partial charge in [-0.25, -0.2) is 9.59 Å². The van der Waals surface area contributed by atoms with Crippen molar-refractivity contribution in [1.82, 2.24) is 15.5 Å². The molecule has 1 aliphatic rings. The van der Waals surface area contributed by atoms with E-state index in [0.29, 0.717) is 19.4 Å². The van der Waals surface area contributed by atoms with Crippen LogP contribution in [-0.4, -0.2) is 54.9 Å². The van der Waals surface area contributed by atoms with Crippen LogP contribution in [0.2, 0.25) is 0 Å². The third kappa shape index (κ3) is 10.2. The standard InChI is InChI=1S/C49H51N3O6/c1-33(39-24-23-37-14-7-8-15-41(37)27-39)52(2)31-44-29-46(38-21-19-35(32-53)20-22-38)58-48(57-44)43-18-10-17-42(28-43)40-16-9-13-36(25-40)30-50-49(55)51-45(47(54)56-3)26-34-11-5-4-6-12-34/h4-25,27-28,33,44-46,48,53H,26,29-32H2,1-3H3,(H2,50,51,55). The second-order valence-corrected chi connectivity index (χ2v) is 15.0. The van der Waals surface area contributed by atoms with Gasteiger partial charge >= 0.3 is 12.0 Å². The minimum Gasteiger partial charge on any atom is -0.467 e. The first-order valence-corrected chi connectivity index (χ1v) is 19.8. The summed E-state index contributed by atoms with van der Waals surface area (Å²) >= 11 is 0. The van der Waals surface area contributed by atoms with Crippen molar-refractivity contribution in [2.75, 3.05) is 20.7 Å². The highest BCUT2D eigenvalue weighted by Crippen LogP contribution is 2.39. The van der Waals surface area contributed by atoms with E-state index in [1.165, 1.54) is 23.4 Å². The van der Waals surface area contributed by atoms with E-state index in [-0.39, 0.29) is 31.4 Å². The number of fused-ring (bicyclic) bond motifs is 1. The molecule has 1 heterocycles. The summed E-state index contributed by atoms with van der Waals surface area (Å²) in [5.41, 5.74) is 7.82. The van der Waals surface area contributed by atoms with Crippen LogP contribution >= 0.6 is 0 Å². The lowest BCUT2D eigenvalue weighted by atomic mass is 9.97. The molecule has 1 aliphatic heterocycles. The van der Waals surface area contributed by atoms with Crippen LogP contribution in [0, 0.1) is 0 Å². The van der Waals surface area contributed by atoms with E-state index in [9.17, 15) is 14.7 Å². The van der Waals surface area contributed by atoms with Gasteiger partial charge in [0.05, 0.1) is 25.9 Å². The number of carbonyl (C=O) groups excluding carboxylic acids is 2. The van der Waals surface area contributed by atoms with Gasteiger partial charge in [-0.3, -0.25) is 4.90 Å². The Morgan fingerprint density at radius 2 is 1.47 bits per heavy atom. The Bertz CT molecular complexity index is 2300. The molecular weight excluding hydrogens is 727 g/mol. The van der Waals surface area contributed by atoms with Gasteiger partial charge < -0.3 is 30.0 Å². The number of amides is 2. The van der Waals surface area contributed by atoms with Crippen molar-refractivity contribution in [2.24, 2.45) is 0 Å². The number of nitrogens with zero attached hydrogens (tertiary/aromatic N) is 1. The van der Waals surface area contributed by atoms with Crippen LogP contribution < -0.4 is 10.6 Å². The van der Waals surface area contributed by atoms with E-state index >= 15 is 0 Å². The first-order valence-electron chi connectivity index (χ1n) is 19.8. The Morgan fingerprint density at radius 3 is 2.22 bits per heavy atom. The zero-order valence-corrected chi connectivity index (χ0v) is 33.2. The molecule has 0 aliphatic carbocycles. The number of hydrogen-bond acceptors (Lipinski definition) is 7. The number of esters is 1. The molecule has 9 heteroatoms. The van der Waals surface area contributed by atoms with Crippen LogP contribution in [0.25, 0.3) is 21.9 Å². The smallest absolute Gasteiger partial charge is 0.328 e. The molecule has 0 bridgehead atoms. The minimum atomic E-state index is -0.821. The molecule has 1 fully saturated rings. The molecule has 3 N–H and O–H groups in total. The molecule has 2 amide bonds. The second-order valence-electron chi connectivity index (χ2n) is 15.0. The largest absolute Gasteiger partial charge is 0.467 e. The van der Waals surface area contributed by atoms with Crippen molar-refractivity contribution >= 4 is 22.8 Å². The molecule has 6 aromatic rings. The fraction of sp³-hybridized carbons (Fsp3) is 0.265. The number of methoxy groups -OCH3 is 1. The Balaban J connectivity index is 1.05. The summed E-state index contributed by atoms with van der Waals surface area (Å²) in [6, 6.07) is 47.6. The molecule has 6 aromatic carbocycles. The number of carbonyl (C=O) groups is 2. The van der Waals surface area contributed by atoms with Crippen molar-refractivity contribution in [2.45, 2.75) is 63.5 Å². The van der Waals surface area contributed by atoms with Gasteiger partial charge in [0.2, 0.25) is 0 Å². The lowest BCUT2D eigenvalue weighted by Crippen LogP contribution is -2.47. The van der Waals surface area contributed by atoms with Crippen LogP contribution in [0.4, 0.5) is 4.79 Å². The number of aliphatic hydroxyl groups excluding tert-OH is 1. The van der Waals surface area contributed by atoms with Crippen molar-refractivity contribution in [3.63, 3.8) is 0 Å². The highest BCUT2D eigenvalue weighted by atomic mass is 16.7. The molecule has 7 rings (SSSR count). The summed E-state index contributed by atoms with van der Waals surface area (Å²) in [7, 11) is 3.46. The van der Waals surface area contributed by atoms with E-state index in [4.69, 9.17) is 14.2 Å². The quantitative estimate of drug-likeness (QED) is 0.0949. The van der Waals surface area contributed by atoms with E-state index in [1.54, 1.807) is 0 Å². The van der Waals surface area contributed by atoms with Gasteiger partial charge in [0.25, 0.3) is 0 Å². The average molecular weight is 778 g/mol. The number of hydrogen-bond donors (Lipinski definition) is 3. The first-order chi connectivity index (χ1) is 28.3. The van der Waals surface area contributed by atoms with Crippen LogP contribution in [0.5, 0.6) is 0 Å². The molecule has 5 atom stereocenters. The maximum Gasteiger partial charge on any atom is 0.328 e. The SMILES string of the molecule is COC(=O)C(Cc1ccccc1)NC(=O)NCc1cccc(-c2cccc(C3OC(CN(C)C(C)c4ccc5ccccc5c4)CC(c4ccc(CO)cc4)O3)c2)c1. The molecule has 0 aromatic heterocycles. The maximum atomic E-state index is 13.0.